The fourth-order valence-electron chi connectivity index (χ4n) is 2.73. The van der Waals surface area contributed by atoms with Gasteiger partial charge in [-0.05, 0) is 29.8 Å². The lowest BCUT2D eigenvalue weighted by Crippen LogP contribution is -2.31. The Bertz CT molecular complexity index is 1020. The summed E-state index contributed by atoms with van der Waals surface area (Å²) in [5.74, 6) is -0.362. The summed E-state index contributed by atoms with van der Waals surface area (Å²) < 4.78 is 26.2. The van der Waals surface area contributed by atoms with Crippen molar-refractivity contribution in [3.8, 4) is 0 Å². The highest BCUT2D eigenvalue weighted by Crippen LogP contribution is 2.26. The molecule has 0 aliphatic rings. The van der Waals surface area contributed by atoms with Crippen LogP contribution in [0.2, 0.25) is 0 Å². The lowest BCUT2D eigenvalue weighted by molar-refractivity contribution is 0.102. The fraction of sp³-hybridized carbons (Fsp3) is 0.0952. The SMILES string of the molecule is CS(=O)(=O)N(Cc1ccccc1)c1ccccc1C(=O)Nc1ccccc1. The topological polar surface area (TPSA) is 66.5 Å². The second-order valence-corrected chi connectivity index (χ2v) is 8.00. The van der Waals surface area contributed by atoms with Crippen LogP contribution in [-0.2, 0) is 16.6 Å². The largest absolute Gasteiger partial charge is 0.322 e. The number of hydrogen-bond acceptors (Lipinski definition) is 3. The molecule has 5 nitrogen and oxygen atoms in total. The Labute approximate surface area is 159 Å². The van der Waals surface area contributed by atoms with E-state index >= 15 is 0 Å². The Kier molecular flexibility index (Phi) is 5.57. The molecule has 6 heteroatoms. The highest BCUT2D eigenvalue weighted by atomic mass is 32.2. The maximum atomic E-state index is 12.8. The fourth-order valence-corrected chi connectivity index (χ4v) is 3.63. The Hall–Kier alpha value is -3.12. The van der Waals surface area contributed by atoms with Gasteiger partial charge in [-0.2, -0.15) is 0 Å². The first-order chi connectivity index (χ1) is 12.9. The van der Waals surface area contributed by atoms with Crippen LogP contribution in [0.25, 0.3) is 0 Å². The Morgan fingerprint density at radius 2 is 1.41 bits per heavy atom. The van der Waals surface area contributed by atoms with Gasteiger partial charge in [0.15, 0.2) is 0 Å². The van der Waals surface area contributed by atoms with Gasteiger partial charge in [-0.3, -0.25) is 9.10 Å². The third kappa shape index (κ3) is 4.74. The summed E-state index contributed by atoms with van der Waals surface area (Å²) in [4.78, 5) is 12.8. The molecule has 0 atom stereocenters. The maximum Gasteiger partial charge on any atom is 0.257 e. The normalized spacial score (nSPS) is 11.0. The zero-order valence-corrected chi connectivity index (χ0v) is 15.7. The van der Waals surface area contributed by atoms with Crippen molar-refractivity contribution < 1.29 is 13.2 Å². The molecule has 0 fully saturated rings. The standard InChI is InChI=1S/C21H20N2O3S/c1-27(25,26)23(16-17-10-4-2-5-11-17)20-15-9-8-14-19(20)21(24)22-18-12-6-3-7-13-18/h2-15H,16H2,1H3,(H,22,24). The first-order valence-electron chi connectivity index (χ1n) is 8.42. The number of sulfonamides is 1. The number of rotatable bonds is 6. The smallest absolute Gasteiger partial charge is 0.257 e. The van der Waals surface area contributed by atoms with Crippen molar-refractivity contribution >= 4 is 27.3 Å². The molecule has 0 bridgehead atoms. The summed E-state index contributed by atoms with van der Waals surface area (Å²) in [6.07, 6.45) is 1.14. The second-order valence-electron chi connectivity index (χ2n) is 6.09. The van der Waals surface area contributed by atoms with Crippen LogP contribution >= 0.6 is 0 Å². The summed E-state index contributed by atoms with van der Waals surface area (Å²) in [5, 5.41) is 2.81. The summed E-state index contributed by atoms with van der Waals surface area (Å²) in [7, 11) is -3.59. The number of carbonyl (C=O) groups excluding carboxylic acids is 1. The monoisotopic (exact) mass is 380 g/mol. The van der Waals surface area contributed by atoms with Crippen LogP contribution in [0.4, 0.5) is 11.4 Å². The van der Waals surface area contributed by atoms with Gasteiger partial charge in [-0.25, -0.2) is 8.42 Å². The van der Waals surface area contributed by atoms with E-state index in [0.29, 0.717) is 16.9 Å². The van der Waals surface area contributed by atoms with E-state index in [1.165, 1.54) is 4.31 Å². The minimum Gasteiger partial charge on any atom is -0.322 e. The first-order valence-corrected chi connectivity index (χ1v) is 10.3. The number of hydrogen-bond donors (Lipinski definition) is 1. The molecule has 3 rings (SSSR count). The molecule has 27 heavy (non-hydrogen) atoms. The lowest BCUT2D eigenvalue weighted by Gasteiger charge is -2.24. The van der Waals surface area contributed by atoms with E-state index < -0.39 is 10.0 Å². The second kappa shape index (κ2) is 8.05. The highest BCUT2D eigenvalue weighted by molar-refractivity contribution is 7.92. The highest BCUT2D eigenvalue weighted by Gasteiger charge is 2.23. The van der Waals surface area contributed by atoms with E-state index in [2.05, 4.69) is 5.32 Å². The Morgan fingerprint density at radius 1 is 0.852 bits per heavy atom. The quantitative estimate of drug-likeness (QED) is 0.705. The molecule has 0 spiro atoms. The van der Waals surface area contributed by atoms with Gasteiger partial charge in [0.2, 0.25) is 10.0 Å². The molecule has 3 aromatic rings. The summed E-state index contributed by atoms with van der Waals surface area (Å²) in [6, 6.07) is 25.0. The first kappa shape index (κ1) is 18.7. The van der Waals surface area contributed by atoms with E-state index in [0.717, 1.165) is 11.8 Å². The number of anilines is 2. The average Bonchev–Trinajstić information content (AvgIpc) is 2.67. The molecule has 1 N–H and O–H groups in total. The minimum atomic E-state index is -3.59. The van der Waals surface area contributed by atoms with Crippen molar-refractivity contribution in [3.05, 3.63) is 96.1 Å². The van der Waals surface area contributed by atoms with Crippen LogP contribution < -0.4 is 9.62 Å². The number of para-hydroxylation sites is 2. The van der Waals surface area contributed by atoms with Crippen molar-refractivity contribution in [2.45, 2.75) is 6.54 Å². The number of amides is 1. The van der Waals surface area contributed by atoms with Crippen LogP contribution in [0.5, 0.6) is 0 Å². The van der Waals surface area contributed by atoms with E-state index in [4.69, 9.17) is 0 Å². The number of benzene rings is 3. The number of nitrogens with one attached hydrogen (secondary N) is 1. The predicted molar refractivity (Wildman–Crippen MR) is 108 cm³/mol. The third-order valence-corrected chi connectivity index (χ3v) is 5.14. The van der Waals surface area contributed by atoms with Gasteiger partial charge in [-0.1, -0.05) is 60.7 Å². The molecule has 0 radical (unpaired) electrons. The molecule has 0 aliphatic carbocycles. The van der Waals surface area contributed by atoms with Gasteiger partial charge in [0.25, 0.3) is 5.91 Å². The molecule has 0 heterocycles. The third-order valence-electron chi connectivity index (χ3n) is 4.02. The molecular weight excluding hydrogens is 360 g/mol. The van der Waals surface area contributed by atoms with E-state index in [1.807, 2.05) is 48.5 Å². The predicted octanol–water partition coefficient (Wildman–Crippen LogP) is 3.91. The van der Waals surface area contributed by atoms with Gasteiger partial charge in [0.05, 0.1) is 24.1 Å². The molecule has 0 saturated heterocycles. The van der Waals surface area contributed by atoms with Crippen LogP contribution in [0, 0.1) is 0 Å². The molecule has 0 aliphatic heterocycles. The van der Waals surface area contributed by atoms with E-state index in [9.17, 15) is 13.2 Å². The van der Waals surface area contributed by atoms with Crippen LogP contribution in [-0.4, -0.2) is 20.6 Å². The van der Waals surface area contributed by atoms with E-state index in [1.54, 1.807) is 36.4 Å². The van der Waals surface area contributed by atoms with Crippen molar-refractivity contribution in [1.29, 1.82) is 0 Å². The summed E-state index contributed by atoms with van der Waals surface area (Å²) >= 11 is 0. The summed E-state index contributed by atoms with van der Waals surface area (Å²) in [6.45, 7) is 0.148. The van der Waals surface area contributed by atoms with Gasteiger partial charge in [-0.15, -0.1) is 0 Å². The maximum absolute atomic E-state index is 12.8. The zero-order chi connectivity index (χ0) is 19.3. The van der Waals surface area contributed by atoms with Gasteiger partial charge >= 0.3 is 0 Å². The number of nitrogens with zero attached hydrogens (tertiary/aromatic N) is 1. The van der Waals surface area contributed by atoms with Gasteiger partial charge in [0.1, 0.15) is 0 Å². The van der Waals surface area contributed by atoms with Gasteiger partial charge in [0, 0.05) is 5.69 Å². The van der Waals surface area contributed by atoms with Gasteiger partial charge < -0.3 is 5.32 Å². The van der Waals surface area contributed by atoms with Crippen molar-refractivity contribution in [2.75, 3.05) is 15.9 Å². The van der Waals surface area contributed by atoms with Crippen LogP contribution in [0.1, 0.15) is 15.9 Å². The molecular formula is C21H20N2O3S. The lowest BCUT2D eigenvalue weighted by atomic mass is 10.1. The van der Waals surface area contributed by atoms with E-state index in [-0.39, 0.29) is 12.5 Å². The molecule has 0 saturated carbocycles. The molecule has 138 valence electrons. The molecule has 3 aromatic carbocycles. The van der Waals surface area contributed by atoms with Crippen molar-refractivity contribution in [3.63, 3.8) is 0 Å². The zero-order valence-electron chi connectivity index (χ0n) is 14.9. The summed E-state index contributed by atoms with van der Waals surface area (Å²) in [5.41, 5.74) is 2.12. The van der Waals surface area contributed by atoms with Crippen LogP contribution in [0.15, 0.2) is 84.9 Å². The number of carbonyl (C=O) groups is 1. The van der Waals surface area contributed by atoms with Crippen molar-refractivity contribution in [1.82, 2.24) is 0 Å². The minimum absolute atomic E-state index is 0.148. The Balaban J connectivity index is 1.97. The average molecular weight is 380 g/mol. The molecule has 1 amide bonds. The molecule has 0 unspecified atom stereocenters. The Morgan fingerprint density at radius 3 is 2.04 bits per heavy atom. The van der Waals surface area contributed by atoms with Crippen molar-refractivity contribution in [2.24, 2.45) is 0 Å². The molecule has 0 aromatic heterocycles. The van der Waals surface area contributed by atoms with Crippen LogP contribution in [0.3, 0.4) is 0 Å².